The van der Waals surface area contributed by atoms with Gasteiger partial charge >= 0.3 is 0 Å². The van der Waals surface area contributed by atoms with Crippen LogP contribution in [0.3, 0.4) is 0 Å². The van der Waals surface area contributed by atoms with E-state index in [2.05, 4.69) is 20.5 Å². The van der Waals surface area contributed by atoms with E-state index in [1.807, 2.05) is 26.2 Å². The number of hydrogen-bond donors (Lipinski definition) is 1. The number of amides is 1. The Bertz CT molecular complexity index is 701. The second-order valence-corrected chi connectivity index (χ2v) is 7.68. The highest BCUT2D eigenvalue weighted by Crippen LogP contribution is 2.40. The number of hydrogen-bond acceptors (Lipinski definition) is 6. The van der Waals surface area contributed by atoms with E-state index in [0.29, 0.717) is 24.6 Å². The normalized spacial score (nSPS) is 16.7. The Balaban J connectivity index is 1.62. The van der Waals surface area contributed by atoms with Gasteiger partial charge in [-0.1, -0.05) is 26.7 Å². The largest absolute Gasteiger partial charge is 0.425 e. The Morgan fingerprint density at radius 2 is 2.12 bits per heavy atom. The van der Waals surface area contributed by atoms with Crippen LogP contribution in [0.1, 0.15) is 74.4 Å². The molecule has 1 aliphatic carbocycles. The molecule has 0 radical (unpaired) electrons. The zero-order chi connectivity index (χ0) is 17.2. The maximum absolute atomic E-state index is 12.5. The van der Waals surface area contributed by atoms with Gasteiger partial charge in [0.15, 0.2) is 0 Å². The molecule has 24 heavy (non-hydrogen) atoms. The molecule has 1 N–H and O–H groups in total. The van der Waals surface area contributed by atoms with E-state index in [0.717, 1.165) is 36.4 Å². The molecule has 2 aromatic heterocycles. The van der Waals surface area contributed by atoms with Gasteiger partial charge in [-0.25, -0.2) is 4.98 Å². The van der Waals surface area contributed by atoms with Gasteiger partial charge in [0.2, 0.25) is 17.7 Å². The fourth-order valence-corrected chi connectivity index (χ4v) is 4.11. The van der Waals surface area contributed by atoms with Gasteiger partial charge in [-0.2, -0.15) is 0 Å². The fraction of sp³-hybridized carbons (Fsp3) is 0.647. The molecule has 0 spiro atoms. The Labute approximate surface area is 146 Å². The molecule has 7 heteroatoms. The summed E-state index contributed by atoms with van der Waals surface area (Å²) in [6.07, 6.45) is 5.00. The van der Waals surface area contributed by atoms with Crippen LogP contribution in [-0.2, 0) is 16.8 Å². The first-order valence-corrected chi connectivity index (χ1v) is 9.42. The van der Waals surface area contributed by atoms with Gasteiger partial charge in [0.25, 0.3) is 0 Å². The highest BCUT2D eigenvalue weighted by atomic mass is 32.1. The molecule has 0 bridgehead atoms. The van der Waals surface area contributed by atoms with Crippen molar-refractivity contribution in [3.63, 3.8) is 0 Å². The number of aryl methyl sites for hydroxylation is 2. The van der Waals surface area contributed by atoms with Crippen LogP contribution in [0.5, 0.6) is 0 Å². The zero-order valence-corrected chi connectivity index (χ0v) is 15.3. The van der Waals surface area contributed by atoms with Gasteiger partial charge in [0, 0.05) is 29.8 Å². The third-order valence-corrected chi connectivity index (χ3v) is 5.57. The summed E-state index contributed by atoms with van der Waals surface area (Å²) in [6.45, 7) is 6.00. The summed E-state index contributed by atoms with van der Waals surface area (Å²) in [6, 6.07) is 0. The molecule has 2 aromatic rings. The van der Waals surface area contributed by atoms with Crippen LogP contribution in [0.2, 0.25) is 0 Å². The van der Waals surface area contributed by atoms with Crippen molar-refractivity contribution in [3.8, 4) is 0 Å². The molecule has 0 saturated heterocycles. The van der Waals surface area contributed by atoms with Crippen LogP contribution >= 0.6 is 11.3 Å². The van der Waals surface area contributed by atoms with Gasteiger partial charge in [-0.15, -0.1) is 21.5 Å². The first-order valence-electron chi connectivity index (χ1n) is 8.54. The van der Waals surface area contributed by atoms with Crippen molar-refractivity contribution in [3.05, 3.63) is 27.9 Å². The average Bonchev–Trinajstić information content (AvgIpc) is 3.25. The summed E-state index contributed by atoms with van der Waals surface area (Å²) >= 11 is 1.64. The van der Waals surface area contributed by atoms with E-state index in [4.69, 9.17) is 4.42 Å². The van der Waals surface area contributed by atoms with Crippen LogP contribution in [0.25, 0.3) is 0 Å². The van der Waals surface area contributed by atoms with Crippen LogP contribution in [-0.4, -0.2) is 21.1 Å². The molecule has 0 atom stereocenters. The van der Waals surface area contributed by atoms with Crippen molar-refractivity contribution in [2.24, 2.45) is 0 Å². The Kier molecular flexibility index (Phi) is 4.99. The standard InChI is InChI=1S/C17H24N4O2S/c1-11(2)15-21-20-14(23-15)7-6-13(22)19-17(8-4-5-9-17)16-18-12(3)10-24-16/h10-11H,4-9H2,1-3H3,(H,19,22). The number of carbonyl (C=O) groups is 1. The summed E-state index contributed by atoms with van der Waals surface area (Å²) in [5, 5.41) is 14.3. The molecule has 1 amide bonds. The molecule has 2 heterocycles. The summed E-state index contributed by atoms with van der Waals surface area (Å²) in [7, 11) is 0. The first kappa shape index (κ1) is 17.1. The molecule has 1 saturated carbocycles. The fourth-order valence-electron chi connectivity index (χ4n) is 3.10. The highest BCUT2D eigenvalue weighted by Gasteiger charge is 2.39. The summed E-state index contributed by atoms with van der Waals surface area (Å²) in [5.74, 6) is 1.37. The van der Waals surface area contributed by atoms with Crippen molar-refractivity contribution in [2.75, 3.05) is 0 Å². The Morgan fingerprint density at radius 1 is 1.38 bits per heavy atom. The van der Waals surface area contributed by atoms with Crippen molar-refractivity contribution in [1.82, 2.24) is 20.5 Å². The van der Waals surface area contributed by atoms with Crippen molar-refractivity contribution in [1.29, 1.82) is 0 Å². The Morgan fingerprint density at radius 3 is 2.71 bits per heavy atom. The van der Waals surface area contributed by atoms with Crippen LogP contribution in [0.15, 0.2) is 9.80 Å². The number of thiazole rings is 1. The van der Waals surface area contributed by atoms with Crippen LogP contribution < -0.4 is 5.32 Å². The van der Waals surface area contributed by atoms with Gasteiger partial charge in [0.1, 0.15) is 5.01 Å². The third-order valence-electron chi connectivity index (χ3n) is 4.41. The summed E-state index contributed by atoms with van der Waals surface area (Å²) < 4.78 is 5.57. The van der Waals surface area contributed by atoms with E-state index < -0.39 is 0 Å². The van der Waals surface area contributed by atoms with Gasteiger partial charge in [-0.05, 0) is 19.8 Å². The monoisotopic (exact) mass is 348 g/mol. The summed E-state index contributed by atoms with van der Waals surface area (Å²) in [4.78, 5) is 17.1. The average molecular weight is 348 g/mol. The SMILES string of the molecule is Cc1csc(C2(NC(=O)CCc3nnc(C(C)C)o3)CCCC2)n1. The number of rotatable bonds is 6. The van der Waals surface area contributed by atoms with Crippen molar-refractivity contribution < 1.29 is 9.21 Å². The molecule has 0 unspecified atom stereocenters. The van der Waals surface area contributed by atoms with Crippen molar-refractivity contribution in [2.45, 2.75) is 70.8 Å². The first-order chi connectivity index (χ1) is 11.5. The lowest BCUT2D eigenvalue weighted by Crippen LogP contribution is -2.43. The zero-order valence-electron chi connectivity index (χ0n) is 14.5. The number of nitrogens with zero attached hydrogens (tertiary/aromatic N) is 3. The van der Waals surface area contributed by atoms with E-state index in [1.165, 1.54) is 0 Å². The predicted octanol–water partition coefficient (Wildman–Crippen LogP) is 3.48. The molecule has 1 fully saturated rings. The molecular weight excluding hydrogens is 324 g/mol. The molecule has 0 aliphatic heterocycles. The molecule has 1 aliphatic rings. The molecule has 130 valence electrons. The lowest BCUT2D eigenvalue weighted by Gasteiger charge is -2.28. The second kappa shape index (κ2) is 7.01. The van der Waals surface area contributed by atoms with Crippen LogP contribution in [0, 0.1) is 6.92 Å². The minimum atomic E-state index is -0.284. The van der Waals surface area contributed by atoms with Crippen LogP contribution in [0.4, 0.5) is 0 Å². The maximum Gasteiger partial charge on any atom is 0.221 e. The minimum Gasteiger partial charge on any atom is -0.425 e. The number of carbonyl (C=O) groups excluding carboxylic acids is 1. The second-order valence-electron chi connectivity index (χ2n) is 6.82. The number of aromatic nitrogens is 3. The maximum atomic E-state index is 12.5. The lowest BCUT2D eigenvalue weighted by atomic mass is 9.98. The van der Waals surface area contributed by atoms with Gasteiger partial charge in [0.05, 0.1) is 5.54 Å². The topological polar surface area (TPSA) is 80.9 Å². The lowest BCUT2D eigenvalue weighted by molar-refractivity contribution is -0.123. The molecule has 6 nitrogen and oxygen atoms in total. The summed E-state index contributed by atoms with van der Waals surface area (Å²) in [5.41, 5.74) is 0.733. The minimum absolute atomic E-state index is 0.0223. The van der Waals surface area contributed by atoms with Gasteiger partial charge in [-0.3, -0.25) is 4.79 Å². The molecule has 3 rings (SSSR count). The van der Waals surface area contributed by atoms with Crippen molar-refractivity contribution >= 4 is 17.2 Å². The van der Waals surface area contributed by atoms with E-state index in [1.54, 1.807) is 11.3 Å². The van der Waals surface area contributed by atoms with Gasteiger partial charge < -0.3 is 9.73 Å². The smallest absolute Gasteiger partial charge is 0.221 e. The molecule has 0 aromatic carbocycles. The molecular formula is C17H24N4O2S. The number of nitrogens with one attached hydrogen (secondary N) is 1. The van der Waals surface area contributed by atoms with E-state index >= 15 is 0 Å². The third kappa shape index (κ3) is 3.66. The highest BCUT2D eigenvalue weighted by molar-refractivity contribution is 7.09. The van der Waals surface area contributed by atoms with E-state index in [-0.39, 0.29) is 17.4 Å². The quantitative estimate of drug-likeness (QED) is 0.864. The van der Waals surface area contributed by atoms with E-state index in [9.17, 15) is 4.79 Å². The predicted molar refractivity (Wildman–Crippen MR) is 91.8 cm³/mol. The Hall–Kier alpha value is -1.76.